The van der Waals surface area contributed by atoms with Crippen molar-refractivity contribution >= 4 is 29.9 Å². The summed E-state index contributed by atoms with van der Waals surface area (Å²) in [5.74, 6) is -7.65. The number of rotatable bonds is 16. The molecule has 0 aliphatic carbocycles. The number of aliphatic hydroxyl groups excluding tert-OH is 4. The highest BCUT2D eigenvalue weighted by molar-refractivity contribution is 5.97. The van der Waals surface area contributed by atoms with E-state index in [4.69, 9.17) is 21.7 Å². The highest BCUT2D eigenvalue weighted by atomic mass is 16.4. The molecule has 0 saturated carbocycles. The molecule has 0 aliphatic rings. The Morgan fingerprint density at radius 2 is 1.45 bits per heavy atom. The number of hydrogen-bond donors (Lipinski definition) is 9. The molecule has 0 rings (SSSR count). The van der Waals surface area contributed by atoms with Crippen LogP contribution in [-0.2, 0) is 24.0 Å². The van der Waals surface area contributed by atoms with Crippen LogP contribution in [0.5, 0.6) is 0 Å². The van der Waals surface area contributed by atoms with Gasteiger partial charge in [0.1, 0.15) is 18.2 Å². The first-order chi connectivity index (χ1) is 14.4. The summed E-state index contributed by atoms with van der Waals surface area (Å²) in [6.45, 7) is 0.365. The fourth-order valence-corrected chi connectivity index (χ4v) is 2.52. The van der Waals surface area contributed by atoms with Gasteiger partial charge in [0.25, 0.3) is 5.91 Å². The minimum absolute atomic E-state index is 0.188. The summed E-state index contributed by atoms with van der Waals surface area (Å²) >= 11 is 0. The Hall–Kier alpha value is -2.49. The average Bonchev–Trinajstić information content (AvgIpc) is 2.73. The summed E-state index contributed by atoms with van der Waals surface area (Å²) < 4.78 is 0. The summed E-state index contributed by atoms with van der Waals surface area (Å²) in [4.78, 5) is 57.4. The molecule has 0 fully saturated rings. The maximum Gasteiger partial charge on any atom is 0.335 e. The number of ketones is 1. The van der Waals surface area contributed by atoms with E-state index in [1.807, 2.05) is 0 Å². The topological polar surface area (TPSA) is 271 Å². The molecule has 0 saturated heterocycles. The van der Waals surface area contributed by atoms with Crippen molar-refractivity contribution in [1.29, 1.82) is 0 Å². The van der Waals surface area contributed by atoms with Crippen molar-refractivity contribution in [3.8, 4) is 0 Å². The zero-order chi connectivity index (χ0) is 24.3. The lowest BCUT2D eigenvalue weighted by molar-refractivity contribution is -0.166. The van der Waals surface area contributed by atoms with E-state index in [1.54, 1.807) is 5.32 Å². The molecule has 14 nitrogen and oxygen atoms in total. The minimum atomic E-state index is -2.54. The molecule has 1 unspecified atom stereocenters. The van der Waals surface area contributed by atoms with E-state index < -0.39 is 72.5 Å². The van der Waals surface area contributed by atoms with Gasteiger partial charge < -0.3 is 47.4 Å². The van der Waals surface area contributed by atoms with Gasteiger partial charge in [0, 0.05) is 0 Å². The molecule has 14 heteroatoms. The van der Waals surface area contributed by atoms with Crippen LogP contribution < -0.4 is 16.8 Å². The van der Waals surface area contributed by atoms with Crippen molar-refractivity contribution in [1.82, 2.24) is 5.32 Å². The molecule has 7 atom stereocenters. The average molecular weight is 450 g/mol. The Kier molecular flexibility index (Phi) is 12.6. The molecule has 1 radical (unpaired) electrons. The minimum Gasteiger partial charge on any atom is -0.480 e. The van der Waals surface area contributed by atoms with Crippen molar-refractivity contribution in [2.45, 2.75) is 62.2 Å². The summed E-state index contributed by atoms with van der Waals surface area (Å²) in [5, 5.41) is 57.6. The van der Waals surface area contributed by atoms with Crippen LogP contribution in [0.15, 0.2) is 0 Å². The third-order valence-electron chi connectivity index (χ3n) is 4.42. The number of amides is 1. The molecular weight excluding hydrogens is 422 g/mol. The molecule has 0 aromatic heterocycles. The Morgan fingerprint density at radius 3 is 1.90 bits per heavy atom. The van der Waals surface area contributed by atoms with Crippen LogP contribution in [0, 0.1) is 5.92 Å². The molecule has 0 spiro atoms. The number of Topliss-reactive ketones (excluding diaryl/α,β-unsaturated/α-hetero) is 1. The number of nitrogens with two attached hydrogens (primary N) is 2. The van der Waals surface area contributed by atoms with Gasteiger partial charge in [-0.2, -0.15) is 0 Å². The number of unbranched alkanes of at least 4 members (excludes halogenated alkanes) is 1. The number of carbonyl (C=O) groups excluding carboxylic acids is 3. The molecular formula is C17H28N3O11. The lowest BCUT2D eigenvalue weighted by atomic mass is 9.90. The van der Waals surface area contributed by atoms with E-state index in [2.05, 4.69) is 0 Å². The van der Waals surface area contributed by atoms with Gasteiger partial charge >= 0.3 is 11.9 Å². The van der Waals surface area contributed by atoms with Crippen LogP contribution in [0.4, 0.5) is 0 Å². The maximum absolute atomic E-state index is 12.3. The number of aliphatic hydroxyl groups is 4. The number of carboxylic acids is 2. The van der Waals surface area contributed by atoms with Crippen molar-refractivity contribution in [3.05, 3.63) is 0 Å². The normalized spacial score (nSPS) is 18.0. The second kappa shape index (κ2) is 13.7. The van der Waals surface area contributed by atoms with Crippen molar-refractivity contribution in [2.75, 3.05) is 6.54 Å². The van der Waals surface area contributed by atoms with Crippen LogP contribution >= 0.6 is 0 Å². The van der Waals surface area contributed by atoms with E-state index in [1.165, 1.54) is 6.29 Å². The summed E-state index contributed by atoms with van der Waals surface area (Å²) in [6.07, 6.45) is -8.21. The number of nitrogens with one attached hydrogen (secondary N) is 1. The summed E-state index contributed by atoms with van der Waals surface area (Å²) in [6, 6.07) is -2.99. The lowest BCUT2D eigenvalue weighted by Gasteiger charge is -2.25. The predicted octanol–water partition coefficient (Wildman–Crippen LogP) is -4.77. The highest BCUT2D eigenvalue weighted by Crippen LogP contribution is 2.13. The smallest absolute Gasteiger partial charge is 0.335 e. The van der Waals surface area contributed by atoms with E-state index in [0.29, 0.717) is 19.4 Å². The molecule has 177 valence electrons. The quantitative estimate of drug-likeness (QED) is 0.0790. The van der Waals surface area contributed by atoms with E-state index in [9.17, 15) is 44.4 Å². The SMILES string of the molecule is NCCCC[C@H](N)C(=O)C([C]=O)C[C@H](NC(=O)[C@@H](O)[C@H](O)[C@H](O)[C@@H](O)C(=O)O)C(=O)O. The van der Waals surface area contributed by atoms with E-state index in [0.717, 1.165) is 0 Å². The number of hydrogen-bond acceptors (Lipinski definition) is 11. The van der Waals surface area contributed by atoms with Crippen LogP contribution in [0.2, 0.25) is 0 Å². The van der Waals surface area contributed by atoms with Gasteiger partial charge in [-0.25, -0.2) is 9.59 Å². The molecule has 0 aromatic carbocycles. The zero-order valence-corrected chi connectivity index (χ0v) is 16.5. The van der Waals surface area contributed by atoms with Gasteiger partial charge in [-0.15, -0.1) is 0 Å². The largest absolute Gasteiger partial charge is 0.480 e. The Balaban J connectivity index is 5.16. The van der Waals surface area contributed by atoms with Gasteiger partial charge in [-0.3, -0.25) is 14.4 Å². The highest BCUT2D eigenvalue weighted by Gasteiger charge is 2.39. The third kappa shape index (κ3) is 9.04. The van der Waals surface area contributed by atoms with Gasteiger partial charge in [0.05, 0.1) is 12.0 Å². The predicted molar refractivity (Wildman–Crippen MR) is 101 cm³/mol. The monoisotopic (exact) mass is 450 g/mol. The third-order valence-corrected chi connectivity index (χ3v) is 4.42. The zero-order valence-electron chi connectivity index (χ0n) is 16.5. The van der Waals surface area contributed by atoms with E-state index >= 15 is 0 Å². The van der Waals surface area contributed by atoms with Crippen molar-refractivity contribution in [2.24, 2.45) is 17.4 Å². The van der Waals surface area contributed by atoms with Gasteiger partial charge in [0.2, 0.25) is 6.29 Å². The summed E-state index contributed by atoms with van der Waals surface area (Å²) in [5.41, 5.74) is 11.0. The van der Waals surface area contributed by atoms with Crippen LogP contribution in [0.1, 0.15) is 25.7 Å². The first-order valence-corrected chi connectivity index (χ1v) is 9.24. The molecule has 0 aliphatic heterocycles. The number of carbonyl (C=O) groups is 4. The fraction of sp³-hybridized carbons (Fsp3) is 0.706. The van der Waals surface area contributed by atoms with Gasteiger partial charge in [-0.05, 0) is 25.8 Å². The fourth-order valence-electron chi connectivity index (χ4n) is 2.52. The Morgan fingerprint density at radius 1 is 0.903 bits per heavy atom. The maximum atomic E-state index is 12.3. The second-order valence-electron chi connectivity index (χ2n) is 6.81. The second-order valence-corrected chi connectivity index (χ2v) is 6.81. The number of aliphatic carboxylic acids is 2. The summed E-state index contributed by atoms with van der Waals surface area (Å²) in [7, 11) is 0. The number of carboxylic acid groups (broad SMARTS) is 2. The van der Waals surface area contributed by atoms with Gasteiger partial charge in [-0.1, -0.05) is 6.42 Å². The molecule has 1 amide bonds. The first kappa shape index (κ1) is 28.5. The van der Waals surface area contributed by atoms with Crippen LogP contribution in [0.25, 0.3) is 0 Å². The standard InChI is InChI=1S/C17H28N3O11/c18-4-2-1-3-8(19)10(22)7(6-21)5-9(16(28)29)20-15(27)13(25)11(23)12(24)14(26)17(30)31/h7-9,11-14,23-26H,1-5,18-19H2,(H,20,27)(H,28,29)(H,30,31)/t7?,8-,9-,11+,12-,13-,14+/m0/s1. The van der Waals surface area contributed by atoms with Crippen LogP contribution in [-0.4, -0.2) is 104 Å². The molecule has 31 heavy (non-hydrogen) atoms. The first-order valence-electron chi connectivity index (χ1n) is 9.24. The molecule has 0 bridgehead atoms. The van der Waals surface area contributed by atoms with Crippen molar-refractivity contribution < 1.29 is 54.6 Å². The molecule has 0 heterocycles. The van der Waals surface area contributed by atoms with Crippen molar-refractivity contribution in [3.63, 3.8) is 0 Å². The molecule has 0 aromatic rings. The Labute approximate surface area is 176 Å². The van der Waals surface area contributed by atoms with Gasteiger partial charge in [0.15, 0.2) is 18.0 Å². The van der Waals surface area contributed by atoms with E-state index in [-0.39, 0.29) is 6.42 Å². The Bertz CT molecular complexity index is 645. The van der Waals surface area contributed by atoms with Crippen LogP contribution in [0.3, 0.4) is 0 Å². The molecule has 11 N–H and O–H groups in total. The lowest BCUT2D eigenvalue weighted by Crippen LogP contribution is -2.55.